The summed E-state index contributed by atoms with van der Waals surface area (Å²) >= 11 is 18.2. The highest BCUT2D eigenvalue weighted by Gasteiger charge is 2.61. The molecule has 1 saturated carbocycles. The Hall–Kier alpha value is -3.98. The first kappa shape index (κ1) is 28.2. The van der Waals surface area contributed by atoms with Gasteiger partial charge in [0.1, 0.15) is 12.3 Å². The van der Waals surface area contributed by atoms with Crippen molar-refractivity contribution in [3.05, 3.63) is 111 Å². The third kappa shape index (κ3) is 4.89. The SMILES string of the molecule is O=C(CN(C(=O)c1ccccc1Cl)N1C(=O)[C@@H]2[C@H](C1=O)[C@H]1C=C[C@H]2C1)c1ccc(OC(=O)c2ccc(Cl)cc2Cl)cc1. The molecule has 2 aliphatic carbocycles. The number of carbonyl (C=O) groups is 5. The van der Waals surface area contributed by atoms with Crippen LogP contribution in [0.3, 0.4) is 0 Å². The fourth-order valence-corrected chi connectivity index (χ4v) is 6.59. The molecule has 2 fully saturated rings. The highest BCUT2D eigenvalue weighted by molar-refractivity contribution is 6.36. The third-order valence-electron chi connectivity index (χ3n) is 7.86. The van der Waals surface area contributed by atoms with Crippen LogP contribution in [0, 0.1) is 23.7 Å². The van der Waals surface area contributed by atoms with Crippen LogP contribution in [-0.2, 0) is 9.59 Å². The lowest BCUT2D eigenvalue weighted by molar-refractivity contribution is -0.154. The van der Waals surface area contributed by atoms with Crippen molar-refractivity contribution in [1.82, 2.24) is 10.0 Å². The van der Waals surface area contributed by atoms with E-state index in [-0.39, 0.29) is 44.3 Å². The molecule has 212 valence electrons. The number of carbonyl (C=O) groups excluding carboxylic acids is 5. The molecular formula is C31H21Cl3N2O6. The zero-order valence-corrected chi connectivity index (χ0v) is 24.0. The molecule has 3 aromatic carbocycles. The lowest BCUT2D eigenvalue weighted by Crippen LogP contribution is -2.52. The van der Waals surface area contributed by atoms with E-state index < -0.39 is 47.9 Å². The van der Waals surface area contributed by atoms with Crippen LogP contribution in [0.15, 0.2) is 78.9 Å². The minimum atomic E-state index is -0.749. The van der Waals surface area contributed by atoms with Crippen LogP contribution in [0.2, 0.25) is 15.1 Å². The van der Waals surface area contributed by atoms with Gasteiger partial charge in [-0.05, 0) is 72.9 Å². The lowest BCUT2D eigenvalue weighted by Gasteiger charge is -2.31. The van der Waals surface area contributed by atoms with Crippen molar-refractivity contribution < 1.29 is 28.7 Å². The van der Waals surface area contributed by atoms with Crippen molar-refractivity contribution in [3.8, 4) is 5.75 Å². The number of ether oxygens (including phenoxy) is 1. The molecule has 0 N–H and O–H groups in total. The summed E-state index contributed by atoms with van der Waals surface area (Å²) in [4.78, 5) is 66.8. The topological polar surface area (TPSA) is 101 Å². The number of esters is 1. The van der Waals surface area contributed by atoms with E-state index in [9.17, 15) is 24.0 Å². The van der Waals surface area contributed by atoms with Gasteiger partial charge in [0, 0.05) is 10.6 Å². The van der Waals surface area contributed by atoms with Gasteiger partial charge in [0.15, 0.2) is 5.78 Å². The van der Waals surface area contributed by atoms with Crippen LogP contribution in [-0.4, -0.2) is 46.0 Å². The quantitative estimate of drug-likeness (QED) is 0.107. The van der Waals surface area contributed by atoms with Crippen molar-refractivity contribution in [1.29, 1.82) is 0 Å². The Labute approximate surface area is 255 Å². The number of hydrazine groups is 1. The highest BCUT2D eigenvalue weighted by atomic mass is 35.5. The van der Waals surface area contributed by atoms with E-state index in [0.29, 0.717) is 5.02 Å². The van der Waals surface area contributed by atoms with E-state index >= 15 is 0 Å². The maximum absolute atomic E-state index is 13.7. The third-order valence-corrected chi connectivity index (χ3v) is 8.74. The Bertz CT molecular complexity index is 1660. The summed E-state index contributed by atoms with van der Waals surface area (Å²) in [6.07, 6.45) is 4.61. The van der Waals surface area contributed by atoms with Crippen molar-refractivity contribution in [2.24, 2.45) is 23.7 Å². The Kier molecular flexibility index (Phi) is 7.39. The fraction of sp³-hybridized carbons (Fsp3) is 0.194. The number of hydrogen-bond acceptors (Lipinski definition) is 6. The largest absolute Gasteiger partial charge is 0.423 e. The number of halogens is 3. The first-order valence-corrected chi connectivity index (χ1v) is 14.2. The summed E-state index contributed by atoms with van der Waals surface area (Å²) in [6.45, 7) is -0.594. The Morgan fingerprint density at radius 3 is 2.07 bits per heavy atom. The monoisotopic (exact) mass is 622 g/mol. The molecule has 6 rings (SSSR count). The summed E-state index contributed by atoms with van der Waals surface area (Å²) in [5.41, 5.74) is 0.328. The minimum absolute atomic E-state index is 0.0499. The number of Topliss-reactive ketones (excluding diaryl/α,β-unsaturated/α-hetero) is 1. The number of allylic oxidation sites excluding steroid dienone is 2. The molecule has 1 aliphatic heterocycles. The number of fused-ring (bicyclic) bond motifs is 5. The number of imide groups is 1. The fourth-order valence-electron chi connectivity index (χ4n) is 5.88. The lowest BCUT2D eigenvalue weighted by atomic mass is 9.85. The van der Waals surface area contributed by atoms with E-state index in [1.54, 1.807) is 12.1 Å². The predicted molar refractivity (Wildman–Crippen MR) is 154 cm³/mol. The summed E-state index contributed by atoms with van der Waals surface area (Å²) in [5, 5.41) is 2.33. The zero-order valence-electron chi connectivity index (χ0n) is 21.7. The maximum Gasteiger partial charge on any atom is 0.345 e. The van der Waals surface area contributed by atoms with Gasteiger partial charge < -0.3 is 4.74 Å². The summed E-state index contributed by atoms with van der Waals surface area (Å²) in [7, 11) is 0. The second-order valence-corrected chi connectivity index (χ2v) is 11.5. The normalized spacial score (nSPS) is 21.9. The van der Waals surface area contributed by atoms with Crippen LogP contribution < -0.4 is 4.74 Å². The molecule has 0 spiro atoms. The minimum Gasteiger partial charge on any atom is -0.423 e. The van der Waals surface area contributed by atoms with Gasteiger partial charge in [-0.1, -0.05) is 59.1 Å². The molecule has 0 unspecified atom stereocenters. The molecule has 4 atom stereocenters. The highest BCUT2D eigenvalue weighted by Crippen LogP contribution is 2.52. The number of hydrogen-bond donors (Lipinski definition) is 0. The molecule has 1 heterocycles. The number of ketones is 1. The summed E-state index contributed by atoms with van der Waals surface area (Å²) < 4.78 is 5.36. The molecule has 1 saturated heterocycles. The van der Waals surface area contributed by atoms with E-state index in [0.717, 1.165) is 16.4 Å². The first-order chi connectivity index (χ1) is 20.1. The molecule has 3 amide bonds. The number of benzene rings is 3. The van der Waals surface area contributed by atoms with Crippen molar-refractivity contribution in [2.45, 2.75) is 6.42 Å². The van der Waals surface area contributed by atoms with E-state index in [4.69, 9.17) is 39.5 Å². The van der Waals surface area contributed by atoms with Crippen molar-refractivity contribution in [3.63, 3.8) is 0 Å². The van der Waals surface area contributed by atoms with Crippen molar-refractivity contribution >= 4 is 64.3 Å². The smallest absolute Gasteiger partial charge is 0.345 e. The Balaban J connectivity index is 1.24. The van der Waals surface area contributed by atoms with Crippen LogP contribution in [0.1, 0.15) is 37.5 Å². The molecule has 42 heavy (non-hydrogen) atoms. The van der Waals surface area contributed by atoms with Crippen LogP contribution in [0.25, 0.3) is 0 Å². The van der Waals surface area contributed by atoms with Gasteiger partial charge in [-0.3, -0.25) is 19.2 Å². The molecule has 2 bridgehead atoms. The maximum atomic E-state index is 13.7. The van der Waals surface area contributed by atoms with Gasteiger partial charge in [0.05, 0.1) is 33.0 Å². The second kappa shape index (κ2) is 11.0. The molecule has 3 aliphatic rings. The Morgan fingerprint density at radius 1 is 0.810 bits per heavy atom. The number of rotatable bonds is 7. The van der Waals surface area contributed by atoms with Gasteiger partial charge in [0.2, 0.25) is 0 Å². The van der Waals surface area contributed by atoms with Crippen LogP contribution in [0.4, 0.5) is 0 Å². The van der Waals surface area contributed by atoms with E-state index in [2.05, 4.69) is 0 Å². The zero-order chi connectivity index (χ0) is 29.7. The van der Waals surface area contributed by atoms with E-state index in [1.165, 1.54) is 54.6 Å². The van der Waals surface area contributed by atoms with Gasteiger partial charge in [-0.2, -0.15) is 5.01 Å². The average molecular weight is 624 g/mol. The van der Waals surface area contributed by atoms with Gasteiger partial charge >= 0.3 is 5.97 Å². The van der Waals surface area contributed by atoms with Crippen LogP contribution >= 0.6 is 34.8 Å². The standard InChI is InChI=1S/C31H21Cl3N2O6/c32-19-9-12-22(24(34)14-19)31(41)42-20-10-7-16(8-11-20)25(37)15-35(28(38)21-3-1-2-4-23(21)33)36-29(39)26-17-5-6-18(13-17)27(26)30(36)40/h1-12,14,17-18,26-27H,13,15H2/t17-,18-,26-,27+/m0/s1. The summed E-state index contributed by atoms with van der Waals surface area (Å²) in [5.74, 6) is -4.15. The predicted octanol–water partition coefficient (Wildman–Crippen LogP) is 5.91. The average Bonchev–Trinajstić information content (AvgIpc) is 3.65. The molecule has 0 radical (unpaired) electrons. The van der Waals surface area contributed by atoms with Gasteiger partial charge in [-0.25, -0.2) is 9.80 Å². The van der Waals surface area contributed by atoms with Crippen molar-refractivity contribution in [2.75, 3.05) is 6.54 Å². The number of nitrogens with zero attached hydrogens (tertiary/aromatic N) is 2. The van der Waals surface area contributed by atoms with Gasteiger partial charge in [-0.15, -0.1) is 0 Å². The molecule has 0 aromatic heterocycles. The van der Waals surface area contributed by atoms with Crippen LogP contribution in [0.5, 0.6) is 5.75 Å². The first-order valence-electron chi connectivity index (χ1n) is 13.1. The molecule has 8 nitrogen and oxygen atoms in total. The summed E-state index contributed by atoms with van der Waals surface area (Å²) in [6, 6.07) is 16.2. The van der Waals surface area contributed by atoms with E-state index in [1.807, 2.05) is 12.2 Å². The van der Waals surface area contributed by atoms with Gasteiger partial charge in [0.25, 0.3) is 17.7 Å². The molecular weight excluding hydrogens is 603 g/mol. The Morgan fingerprint density at radius 2 is 1.45 bits per heavy atom. The molecule has 11 heteroatoms. The number of amides is 3. The molecule has 3 aromatic rings. The second-order valence-electron chi connectivity index (χ2n) is 10.3.